The van der Waals surface area contributed by atoms with Crippen molar-refractivity contribution in [2.75, 3.05) is 20.2 Å². The van der Waals surface area contributed by atoms with Crippen molar-refractivity contribution in [2.24, 2.45) is 0 Å². The molecule has 0 heterocycles. The van der Waals surface area contributed by atoms with Crippen LogP contribution in [0, 0.1) is 12.3 Å². The van der Waals surface area contributed by atoms with Crippen molar-refractivity contribution in [1.82, 2.24) is 4.90 Å². The summed E-state index contributed by atoms with van der Waals surface area (Å²) >= 11 is 0. The fourth-order valence-electron chi connectivity index (χ4n) is 1.75. The first-order valence-corrected chi connectivity index (χ1v) is 7.67. The minimum atomic E-state index is -0.662. The van der Waals surface area contributed by atoms with E-state index in [1.54, 1.807) is 38.3 Å². The summed E-state index contributed by atoms with van der Waals surface area (Å²) in [6, 6.07) is 7.11. The highest BCUT2D eigenvalue weighted by Crippen LogP contribution is 2.12. The summed E-state index contributed by atoms with van der Waals surface area (Å²) in [6.07, 6.45) is 5.07. The molecule has 0 spiro atoms. The Hall–Kier alpha value is -2.68. The number of benzene rings is 1. The number of nitrogens with zero attached hydrogens (tertiary/aromatic N) is 1. The third-order valence-electron chi connectivity index (χ3n) is 3.29. The van der Waals surface area contributed by atoms with Crippen molar-refractivity contribution in [3.8, 4) is 18.1 Å². The molecule has 0 aliphatic rings. The molecule has 1 amide bonds. The second kappa shape index (κ2) is 10.2. The van der Waals surface area contributed by atoms with Gasteiger partial charge in [-0.3, -0.25) is 9.69 Å². The van der Waals surface area contributed by atoms with E-state index in [-0.39, 0.29) is 25.8 Å². The summed E-state index contributed by atoms with van der Waals surface area (Å²) < 4.78 is 15.4. The van der Waals surface area contributed by atoms with Crippen LogP contribution in [0.5, 0.6) is 5.75 Å². The van der Waals surface area contributed by atoms with Gasteiger partial charge in [-0.1, -0.05) is 25.0 Å². The molecule has 0 aromatic heterocycles. The van der Waals surface area contributed by atoms with Gasteiger partial charge in [0, 0.05) is 0 Å². The number of ether oxygens (including phenoxy) is 3. The van der Waals surface area contributed by atoms with Gasteiger partial charge in [0.1, 0.15) is 18.9 Å². The maximum atomic E-state index is 12.1. The topological polar surface area (TPSA) is 65.1 Å². The van der Waals surface area contributed by atoms with Gasteiger partial charge < -0.3 is 14.2 Å². The number of rotatable bonds is 8. The molecule has 6 nitrogen and oxygen atoms in total. The lowest BCUT2D eigenvalue weighted by Gasteiger charge is -2.20. The van der Waals surface area contributed by atoms with E-state index in [2.05, 4.69) is 5.92 Å². The number of carbonyl (C=O) groups is 2. The maximum absolute atomic E-state index is 12.1. The Morgan fingerprint density at radius 1 is 1.29 bits per heavy atom. The molecular weight excluding hydrogens is 310 g/mol. The molecule has 0 N–H and O–H groups in total. The van der Waals surface area contributed by atoms with Gasteiger partial charge in [0.05, 0.1) is 19.8 Å². The van der Waals surface area contributed by atoms with Crippen LogP contribution in [0.15, 0.2) is 24.3 Å². The van der Waals surface area contributed by atoms with Crippen LogP contribution in [-0.2, 0) is 20.9 Å². The lowest BCUT2D eigenvalue weighted by Crippen LogP contribution is -2.37. The van der Waals surface area contributed by atoms with E-state index in [1.807, 2.05) is 6.92 Å². The van der Waals surface area contributed by atoms with Gasteiger partial charge in [0.2, 0.25) is 0 Å². The normalized spacial score (nSPS) is 11.1. The van der Waals surface area contributed by atoms with E-state index < -0.39 is 12.1 Å². The summed E-state index contributed by atoms with van der Waals surface area (Å²) in [5.74, 6) is 2.54. The van der Waals surface area contributed by atoms with Gasteiger partial charge in [-0.2, -0.15) is 0 Å². The van der Waals surface area contributed by atoms with Crippen molar-refractivity contribution in [2.45, 2.75) is 33.0 Å². The molecule has 0 saturated heterocycles. The van der Waals surface area contributed by atoms with Crippen molar-refractivity contribution < 1.29 is 23.8 Å². The van der Waals surface area contributed by atoms with Gasteiger partial charge >= 0.3 is 12.1 Å². The Balaban J connectivity index is 2.55. The van der Waals surface area contributed by atoms with Crippen molar-refractivity contribution in [1.29, 1.82) is 0 Å². The molecule has 1 aromatic carbocycles. The van der Waals surface area contributed by atoms with Gasteiger partial charge in [0.15, 0.2) is 0 Å². The number of hydrogen-bond donors (Lipinski definition) is 0. The van der Waals surface area contributed by atoms with Crippen molar-refractivity contribution in [3.63, 3.8) is 0 Å². The molecule has 1 aromatic rings. The SMILES string of the molecule is C#CCN(CC(=O)OC(C)CC)C(=O)OCc1ccc(OC)cc1. The first-order chi connectivity index (χ1) is 11.5. The zero-order valence-electron chi connectivity index (χ0n) is 14.3. The van der Waals surface area contributed by atoms with Crippen LogP contribution < -0.4 is 4.74 Å². The zero-order valence-corrected chi connectivity index (χ0v) is 14.3. The molecule has 1 unspecified atom stereocenters. The average Bonchev–Trinajstić information content (AvgIpc) is 2.59. The van der Waals surface area contributed by atoms with Crippen LogP contribution >= 0.6 is 0 Å². The predicted molar refractivity (Wildman–Crippen MR) is 89.4 cm³/mol. The Morgan fingerprint density at radius 3 is 2.50 bits per heavy atom. The second-order valence-electron chi connectivity index (χ2n) is 5.17. The monoisotopic (exact) mass is 333 g/mol. The van der Waals surface area contributed by atoms with E-state index in [4.69, 9.17) is 20.6 Å². The van der Waals surface area contributed by atoms with E-state index in [0.29, 0.717) is 12.2 Å². The van der Waals surface area contributed by atoms with Crippen LogP contribution in [0.1, 0.15) is 25.8 Å². The van der Waals surface area contributed by atoms with Gasteiger partial charge in [0.25, 0.3) is 0 Å². The number of methoxy groups -OCH3 is 1. The van der Waals surface area contributed by atoms with E-state index >= 15 is 0 Å². The fraction of sp³-hybridized carbons (Fsp3) is 0.444. The third-order valence-corrected chi connectivity index (χ3v) is 3.29. The number of amides is 1. The second-order valence-corrected chi connectivity index (χ2v) is 5.17. The molecule has 6 heteroatoms. The summed E-state index contributed by atoms with van der Waals surface area (Å²) in [5.41, 5.74) is 0.798. The molecule has 0 fully saturated rings. The van der Waals surface area contributed by atoms with Crippen LogP contribution in [0.4, 0.5) is 4.79 Å². The molecule has 24 heavy (non-hydrogen) atoms. The Bertz CT molecular complexity index is 576. The lowest BCUT2D eigenvalue weighted by molar-refractivity contribution is -0.149. The van der Waals surface area contributed by atoms with Gasteiger partial charge in [-0.15, -0.1) is 6.42 Å². The fourth-order valence-corrected chi connectivity index (χ4v) is 1.75. The van der Waals surface area contributed by atoms with Gasteiger partial charge in [-0.05, 0) is 31.0 Å². The Kier molecular flexibility index (Phi) is 8.20. The standard InChI is InChI=1S/C18H23NO5/c1-5-11-19(12-17(20)24-14(3)6-2)18(21)23-13-15-7-9-16(22-4)10-8-15/h1,7-10,14H,6,11-13H2,2-4H3. The third kappa shape index (κ3) is 6.61. The molecule has 1 rings (SSSR count). The summed E-state index contributed by atoms with van der Waals surface area (Å²) in [6.45, 7) is 3.49. The highest BCUT2D eigenvalue weighted by Gasteiger charge is 2.19. The van der Waals surface area contributed by atoms with Gasteiger partial charge in [-0.25, -0.2) is 4.79 Å². The highest BCUT2D eigenvalue weighted by atomic mass is 16.6. The van der Waals surface area contributed by atoms with E-state index in [9.17, 15) is 9.59 Å². The zero-order chi connectivity index (χ0) is 17.9. The van der Waals surface area contributed by atoms with Crippen LogP contribution in [0.25, 0.3) is 0 Å². The molecular formula is C18H23NO5. The highest BCUT2D eigenvalue weighted by molar-refractivity contribution is 5.78. The smallest absolute Gasteiger partial charge is 0.411 e. The average molecular weight is 333 g/mol. The molecule has 0 saturated carbocycles. The summed E-state index contributed by atoms with van der Waals surface area (Å²) in [5, 5.41) is 0. The Labute approximate surface area is 142 Å². The minimum Gasteiger partial charge on any atom is -0.497 e. The summed E-state index contributed by atoms with van der Waals surface area (Å²) in [4.78, 5) is 25.0. The first-order valence-electron chi connectivity index (χ1n) is 7.67. The largest absolute Gasteiger partial charge is 0.497 e. The first kappa shape index (κ1) is 19.4. The number of terminal acetylenes is 1. The molecule has 0 bridgehead atoms. The number of carbonyl (C=O) groups excluding carboxylic acids is 2. The van der Waals surface area contributed by atoms with Crippen molar-refractivity contribution >= 4 is 12.1 Å². The van der Waals surface area contributed by atoms with E-state index in [1.165, 1.54) is 0 Å². The maximum Gasteiger partial charge on any atom is 0.411 e. The van der Waals surface area contributed by atoms with Crippen LogP contribution in [0.3, 0.4) is 0 Å². The number of esters is 1. The molecule has 0 aliphatic heterocycles. The molecule has 1 atom stereocenters. The minimum absolute atomic E-state index is 0.0307. The lowest BCUT2D eigenvalue weighted by atomic mass is 10.2. The predicted octanol–water partition coefficient (Wildman–Crippen LogP) is 2.61. The molecule has 0 aliphatic carbocycles. The van der Waals surface area contributed by atoms with Crippen LogP contribution in [-0.4, -0.2) is 43.3 Å². The van der Waals surface area contributed by atoms with Crippen LogP contribution in [0.2, 0.25) is 0 Å². The molecule has 0 radical (unpaired) electrons. The quantitative estimate of drug-likeness (QED) is 0.540. The molecule has 130 valence electrons. The van der Waals surface area contributed by atoms with E-state index in [0.717, 1.165) is 10.5 Å². The Morgan fingerprint density at radius 2 is 1.96 bits per heavy atom. The van der Waals surface area contributed by atoms with Crippen molar-refractivity contribution in [3.05, 3.63) is 29.8 Å². The summed E-state index contributed by atoms with van der Waals surface area (Å²) in [7, 11) is 1.57. The number of hydrogen-bond acceptors (Lipinski definition) is 5.